The normalized spacial score (nSPS) is 11.6. The van der Waals surface area contributed by atoms with Crippen molar-refractivity contribution in [1.29, 1.82) is 10.5 Å². The molecule has 4 nitrogen and oxygen atoms in total. The van der Waals surface area contributed by atoms with Gasteiger partial charge in [0.15, 0.2) is 0 Å². The quantitative estimate of drug-likeness (QED) is 0.719. The zero-order chi connectivity index (χ0) is 12.0. The summed E-state index contributed by atoms with van der Waals surface area (Å²) in [5.41, 5.74) is 13.6. The predicted octanol–water partition coefficient (Wildman–Crippen LogP) is 1.33. The smallest absolute Gasteiger partial charge is 0.0933 e. The minimum absolute atomic E-state index is 0.400. The molecule has 0 saturated heterocycles. The van der Waals surface area contributed by atoms with Crippen molar-refractivity contribution in [2.75, 3.05) is 0 Å². The van der Waals surface area contributed by atoms with Crippen molar-refractivity contribution in [2.24, 2.45) is 11.5 Å². The minimum Gasteiger partial charge on any atom is -0.398 e. The van der Waals surface area contributed by atoms with Crippen LogP contribution in [-0.4, -0.2) is 0 Å². The summed E-state index contributed by atoms with van der Waals surface area (Å²) in [6, 6.07) is 10.7. The van der Waals surface area contributed by atoms with E-state index in [0.717, 1.165) is 11.1 Å². The highest BCUT2D eigenvalue weighted by Crippen LogP contribution is 2.13. The number of nitrogens with two attached hydrogens (primary N) is 2. The highest BCUT2D eigenvalue weighted by Gasteiger charge is 1.99. The molecular formula is C12H10N4. The van der Waals surface area contributed by atoms with E-state index in [1.807, 2.05) is 12.1 Å². The van der Waals surface area contributed by atoms with Gasteiger partial charge >= 0.3 is 0 Å². The molecule has 0 aliphatic rings. The van der Waals surface area contributed by atoms with Crippen LogP contribution in [0.15, 0.2) is 36.4 Å². The number of rotatable bonds is 2. The molecule has 0 heterocycles. The van der Waals surface area contributed by atoms with E-state index in [1.165, 1.54) is 12.2 Å². The highest BCUT2D eigenvalue weighted by atomic mass is 14.6. The van der Waals surface area contributed by atoms with Gasteiger partial charge in [-0.1, -0.05) is 24.3 Å². The second-order valence-electron chi connectivity index (χ2n) is 3.03. The van der Waals surface area contributed by atoms with E-state index in [2.05, 4.69) is 0 Å². The van der Waals surface area contributed by atoms with Gasteiger partial charge in [0.1, 0.15) is 0 Å². The third kappa shape index (κ3) is 2.63. The predicted molar refractivity (Wildman–Crippen MR) is 62.0 cm³/mol. The van der Waals surface area contributed by atoms with Crippen molar-refractivity contribution in [3.8, 4) is 12.1 Å². The number of benzene rings is 1. The Bertz CT molecular complexity index is 460. The van der Waals surface area contributed by atoms with Crippen LogP contribution in [0, 0.1) is 22.7 Å². The third-order valence-corrected chi connectivity index (χ3v) is 1.99. The Morgan fingerprint density at radius 2 is 1.19 bits per heavy atom. The van der Waals surface area contributed by atoms with E-state index < -0.39 is 0 Å². The second-order valence-corrected chi connectivity index (χ2v) is 3.03. The summed E-state index contributed by atoms with van der Waals surface area (Å²) in [4.78, 5) is 0. The van der Waals surface area contributed by atoms with Gasteiger partial charge in [0.25, 0.3) is 0 Å². The first kappa shape index (κ1) is 11.4. The lowest BCUT2D eigenvalue weighted by molar-refractivity contribution is 1.45. The molecule has 0 spiro atoms. The molecule has 0 aromatic heterocycles. The first-order chi connectivity index (χ1) is 7.69. The summed E-state index contributed by atoms with van der Waals surface area (Å²) in [5.74, 6) is 0. The first-order valence-electron chi connectivity index (χ1n) is 4.50. The molecule has 78 valence electrons. The van der Waals surface area contributed by atoms with Crippen molar-refractivity contribution >= 4 is 11.4 Å². The molecule has 0 radical (unpaired) electrons. The molecule has 0 aliphatic heterocycles. The molecule has 1 aromatic carbocycles. The number of hydrogen-bond acceptors (Lipinski definition) is 4. The van der Waals surface area contributed by atoms with Gasteiger partial charge in [-0.05, 0) is 11.1 Å². The number of hydrogen-bond donors (Lipinski definition) is 2. The largest absolute Gasteiger partial charge is 0.398 e. The Balaban J connectivity index is 3.02. The Morgan fingerprint density at radius 3 is 1.44 bits per heavy atom. The van der Waals surface area contributed by atoms with E-state index in [-0.39, 0.29) is 0 Å². The van der Waals surface area contributed by atoms with Crippen LogP contribution < -0.4 is 11.5 Å². The molecule has 0 atom stereocenters. The molecule has 1 rings (SSSR count). The van der Waals surface area contributed by atoms with Gasteiger partial charge in [-0.3, -0.25) is 0 Å². The summed E-state index contributed by atoms with van der Waals surface area (Å²) in [7, 11) is 0. The SMILES string of the molecule is N#C/C=C(/N)c1ccc(/C(N)=C\C#N)cc1. The fourth-order valence-corrected chi connectivity index (χ4v) is 1.16. The van der Waals surface area contributed by atoms with Crippen LogP contribution in [0.1, 0.15) is 11.1 Å². The van der Waals surface area contributed by atoms with Gasteiger partial charge in [-0.25, -0.2) is 0 Å². The van der Waals surface area contributed by atoms with Crippen molar-refractivity contribution in [1.82, 2.24) is 0 Å². The minimum atomic E-state index is 0.400. The molecule has 0 unspecified atom stereocenters. The Morgan fingerprint density at radius 1 is 0.875 bits per heavy atom. The lowest BCUT2D eigenvalue weighted by Gasteiger charge is -2.03. The van der Waals surface area contributed by atoms with Crippen LogP contribution in [0.2, 0.25) is 0 Å². The fraction of sp³-hybridized carbons (Fsp3) is 0. The standard InChI is InChI=1S/C12H10N4/c13-7-5-11(15)9-1-2-10(4-3-9)12(16)6-8-14/h1-6H,15-16H2/b11-5+,12-6+. The van der Waals surface area contributed by atoms with Gasteiger partial charge in [-0.2, -0.15) is 10.5 Å². The topological polar surface area (TPSA) is 99.6 Å². The fourth-order valence-electron chi connectivity index (χ4n) is 1.16. The monoisotopic (exact) mass is 210 g/mol. The highest BCUT2D eigenvalue weighted by molar-refractivity contribution is 5.69. The van der Waals surface area contributed by atoms with E-state index in [1.54, 1.807) is 24.3 Å². The molecule has 0 saturated carbocycles. The summed E-state index contributed by atoms with van der Waals surface area (Å²) in [6.45, 7) is 0. The number of nitriles is 2. The maximum absolute atomic E-state index is 8.44. The zero-order valence-corrected chi connectivity index (χ0v) is 8.51. The number of allylic oxidation sites excluding steroid dienone is 2. The Hall–Kier alpha value is -2.72. The van der Waals surface area contributed by atoms with Crippen LogP contribution in [0.3, 0.4) is 0 Å². The average Bonchev–Trinajstić information content (AvgIpc) is 2.30. The Kier molecular flexibility index (Phi) is 3.71. The van der Waals surface area contributed by atoms with Crippen LogP contribution >= 0.6 is 0 Å². The molecule has 16 heavy (non-hydrogen) atoms. The summed E-state index contributed by atoms with van der Waals surface area (Å²) in [6.07, 6.45) is 2.53. The molecule has 1 aromatic rings. The van der Waals surface area contributed by atoms with E-state index in [9.17, 15) is 0 Å². The maximum Gasteiger partial charge on any atom is 0.0933 e. The second kappa shape index (κ2) is 5.23. The van der Waals surface area contributed by atoms with Crippen LogP contribution in [0.25, 0.3) is 11.4 Å². The van der Waals surface area contributed by atoms with Gasteiger partial charge in [-0.15, -0.1) is 0 Å². The van der Waals surface area contributed by atoms with Crippen molar-refractivity contribution in [3.05, 3.63) is 47.5 Å². The average molecular weight is 210 g/mol. The van der Waals surface area contributed by atoms with E-state index in [0.29, 0.717) is 11.4 Å². The molecule has 0 amide bonds. The molecule has 0 bridgehead atoms. The molecule has 0 aliphatic carbocycles. The molecule has 4 N–H and O–H groups in total. The van der Waals surface area contributed by atoms with Crippen LogP contribution in [-0.2, 0) is 0 Å². The van der Waals surface area contributed by atoms with Crippen LogP contribution in [0.4, 0.5) is 0 Å². The molecular weight excluding hydrogens is 200 g/mol. The van der Waals surface area contributed by atoms with E-state index >= 15 is 0 Å². The lowest BCUT2D eigenvalue weighted by Crippen LogP contribution is -1.98. The number of nitrogens with zero attached hydrogens (tertiary/aromatic N) is 2. The first-order valence-corrected chi connectivity index (χ1v) is 4.50. The van der Waals surface area contributed by atoms with Gasteiger partial charge in [0.05, 0.1) is 12.1 Å². The summed E-state index contributed by atoms with van der Waals surface area (Å²) >= 11 is 0. The zero-order valence-electron chi connectivity index (χ0n) is 8.51. The van der Waals surface area contributed by atoms with Crippen molar-refractivity contribution in [3.63, 3.8) is 0 Å². The molecule has 0 fully saturated rings. The van der Waals surface area contributed by atoms with Crippen molar-refractivity contribution < 1.29 is 0 Å². The van der Waals surface area contributed by atoms with Gasteiger partial charge in [0, 0.05) is 23.5 Å². The van der Waals surface area contributed by atoms with Gasteiger partial charge in [0.2, 0.25) is 0 Å². The third-order valence-electron chi connectivity index (χ3n) is 1.99. The summed E-state index contributed by atoms with van der Waals surface area (Å²) in [5, 5.41) is 16.9. The van der Waals surface area contributed by atoms with E-state index in [4.69, 9.17) is 22.0 Å². The van der Waals surface area contributed by atoms with Gasteiger partial charge < -0.3 is 11.5 Å². The lowest BCUT2D eigenvalue weighted by atomic mass is 10.1. The van der Waals surface area contributed by atoms with Crippen LogP contribution in [0.5, 0.6) is 0 Å². The maximum atomic E-state index is 8.44. The molecule has 4 heteroatoms. The Labute approximate surface area is 93.7 Å². The summed E-state index contributed by atoms with van der Waals surface area (Å²) < 4.78 is 0. The van der Waals surface area contributed by atoms with Crippen molar-refractivity contribution in [2.45, 2.75) is 0 Å².